The molecule has 0 aliphatic carbocycles. The predicted molar refractivity (Wildman–Crippen MR) is 179 cm³/mol. The molecule has 1 aliphatic heterocycles. The van der Waals surface area contributed by atoms with Crippen molar-refractivity contribution in [2.45, 2.75) is 128 Å². The van der Waals surface area contributed by atoms with E-state index in [0.29, 0.717) is 12.8 Å². The Labute approximate surface area is 283 Å². The number of aliphatic carboxylic acids is 1. The lowest BCUT2D eigenvalue weighted by Gasteiger charge is -2.45. The minimum atomic E-state index is -1.72. The van der Waals surface area contributed by atoms with E-state index in [1.807, 2.05) is 0 Å². The zero-order valence-corrected chi connectivity index (χ0v) is 29.0. The fourth-order valence-electron chi connectivity index (χ4n) is 4.52. The molecule has 0 radical (unpaired) electrons. The van der Waals surface area contributed by atoms with Crippen LogP contribution >= 0.6 is 0 Å². The number of rotatable bonds is 20. The molecule has 0 aromatic heterocycles. The van der Waals surface area contributed by atoms with E-state index < -0.39 is 72.0 Å². The molecule has 270 valence electrons. The molecule has 48 heavy (non-hydrogen) atoms. The maximum absolute atomic E-state index is 13.2. The number of carboxylic acid groups (broad SMARTS) is 1. The van der Waals surface area contributed by atoms with Gasteiger partial charge in [-0.05, 0) is 80.1 Å². The second kappa shape index (κ2) is 19.0. The number of carbonyl (C=O) groups excluding carboxylic acids is 2. The van der Waals surface area contributed by atoms with Crippen LogP contribution in [0.2, 0.25) is 0 Å². The van der Waals surface area contributed by atoms with Gasteiger partial charge in [0.1, 0.15) is 12.2 Å². The van der Waals surface area contributed by atoms with Crippen LogP contribution in [0.4, 0.5) is 0 Å². The van der Waals surface area contributed by atoms with Crippen molar-refractivity contribution in [2.24, 2.45) is 0 Å². The van der Waals surface area contributed by atoms with Gasteiger partial charge in [0.05, 0.1) is 23.4 Å². The standard InChI is InChI=1S/C36H54O12/c1-10-34(7,43)19-13-17-24(5)31(41)46-28-26(22-37)45-33(48-36(9,12-3)21-15-16-23(4)30(39)40)27(38)29(28)47-32(42)25(6)18-14-20-35(8,44)11-2/h10-12,16-18,26-29,33,37-38,43-44H,1-3,13-15,19-22H2,4-9H3,(H,39,40). The van der Waals surface area contributed by atoms with Gasteiger partial charge in [0.2, 0.25) is 0 Å². The van der Waals surface area contributed by atoms with Crippen LogP contribution in [-0.2, 0) is 33.3 Å². The molecule has 8 atom stereocenters. The molecule has 0 aromatic rings. The highest BCUT2D eigenvalue weighted by atomic mass is 16.7. The highest BCUT2D eigenvalue weighted by molar-refractivity contribution is 5.89. The van der Waals surface area contributed by atoms with Gasteiger partial charge in [-0.25, -0.2) is 14.4 Å². The van der Waals surface area contributed by atoms with Crippen LogP contribution in [0.1, 0.15) is 80.1 Å². The summed E-state index contributed by atoms with van der Waals surface area (Å²) in [4.78, 5) is 37.6. The first-order valence-corrected chi connectivity index (χ1v) is 15.9. The van der Waals surface area contributed by atoms with E-state index in [1.165, 1.54) is 45.1 Å². The number of esters is 2. The van der Waals surface area contributed by atoms with E-state index in [-0.39, 0.29) is 42.4 Å². The number of aliphatic hydroxyl groups excluding tert-OH is 2. The summed E-state index contributed by atoms with van der Waals surface area (Å²) in [6.45, 7) is 19.5. The molecule has 1 saturated heterocycles. The lowest BCUT2D eigenvalue weighted by Crippen LogP contribution is -2.62. The van der Waals surface area contributed by atoms with Crippen molar-refractivity contribution < 1.29 is 58.9 Å². The van der Waals surface area contributed by atoms with Gasteiger partial charge in [0, 0.05) is 16.7 Å². The van der Waals surface area contributed by atoms with E-state index in [0.717, 1.165) is 0 Å². The Balaban J connectivity index is 3.37. The quantitative estimate of drug-likeness (QED) is 0.0709. The first-order chi connectivity index (χ1) is 22.2. The highest BCUT2D eigenvalue weighted by Gasteiger charge is 2.51. The van der Waals surface area contributed by atoms with Crippen LogP contribution < -0.4 is 0 Å². The summed E-state index contributed by atoms with van der Waals surface area (Å²) in [6.07, 6.45) is 3.01. The van der Waals surface area contributed by atoms with Crippen molar-refractivity contribution in [3.63, 3.8) is 0 Å². The van der Waals surface area contributed by atoms with Crippen LogP contribution in [-0.4, -0.2) is 97.6 Å². The van der Waals surface area contributed by atoms with E-state index in [1.54, 1.807) is 32.9 Å². The minimum Gasteiger partial charge on any atom is -0.478 e. The molecule has 1 heterocycles. The lowest BCUT2D eigenvalue weighted by atomic mass is 9.96. The average Bonchev–Trinajstić information content (AvgIpc) is 3.03. The molecule has 1 aliphatic rings. The van der Waals surface area contributed by atoms with E-state index in [4.69, 9.17) is 24.1 Å². The molecule has 12 nitrogen and oxygen atoms in total. The van der Waals surface area contributed by atoms with Crippen LogP contribution in [0.5, 0.6) is 0 Å². The second-order valence-corrected chi connectivity index (χ2v) is 12.8. The Morgan fingerprint density at radius 2 is 1.19 bits per heavy atom. The summed E-state index contributed by atoms with van der Waals surface area (Å²) in [5.41, 5.74) is -3.00. The Hall–Kier alpha value is -3.39. The summed E-state index contributed by atoms with van der Waals surface area (Å²) >= 11 is 0. The SMILES string of the molecule is C=CC(C)(O)CCC=C(C)C(=O)OC1C(CO)OC(OC(C)(C=C)CCC=C(C)C(=O)O)C(O)C1OC(=O)C(C)=CCCC(C)(O)C=C. The predicted octanol–water partition coefficient (Wildman–Crippen LogP) is 3.99. The molecule has 0 amide bonds. The van der Waals surface area contributed by atoms with Gasteiger partial charge >= 0.3 is 17.9 Å². The fraction of sp³-hybridized carbons (Fsp3) is 0.583. The monoisotopic (exact) mass is 678 g/mol. The van der Waals surface area contributed by atoms with Crippen molar-refractivity contribution in [2.75, 3.05) is 6.61 Å². The molecule has 0 spiro atoms. The summed E-state index contributed by atoms with van der Waals surface area (Å²) in [5, 5.41) is 51.3. The third-order valence-electron chi connectivity index (χ3n) is 8.25. The normalized spacial score (nSPS) is 25.9. The van der Waals surface area contributed by atoms with Crippen LogP contribution in [0, 0.1) is 0 Å². The van der Waals surface area contributed by atoms with E-state index >= 15 is 0 Å². The van der Waals surface area contributed by atoms with Crippen molar-refractivity contribution >= 4 is 17.9 Å². The van der Waals surface area contributed by atoms with Gasteiger partial charge in [-0.1, -0.05) is 36.5 Å². The number of hydrogen-bond donors (Lipinski definition) is 5. The van der Waals surface area contributed by atoms with Crippen molar-refractivity contribution in [1.29, 1.82) is 0 Å². The fourth-order valence-corrected chi connectivity index (χ4v) is 4.52. The van der Waals surface area contributed by atoms with Crippen LogP contribution in [0.3, 0.4) is 0 Å². The van der Waals surface area contributed by atoms with Crippen LogP contribution in [0.25, 0.3) is 0 Å². The van der Waals surface area contributed by atoms with Gasteiger partial charge in [-0.2, -0.15) is 0 Å². The Bertz CT molecular complexity index is 1240. The third kappa shape index (κ3) is 13.6. The first-order valence-electron chi connectivity index (χ1n) is 15.9. The number of ether oxygens (including phenoxy) is 4. The first kappa shape index (κ1) is 42.6. The van der Waals surface area contributed by atoms with Gasteiger partial charge < -0.3 is 44.5 Å². The molecule has 0 aromatic carbocycles. The van der Waals surface area contributed by atoms with Gasteiger partial charge in [0.25, 0.3) is 0 Å². The molecule has 0 bridgehead atoms. The van der Waals surface area contributed by atoms with Gasteiger partial charge in [-0.15, -0.1) is 19.7 Å². The summed E-state index contributed by atoms with van der Waals surface area (Å²) in [6, 6.07) is 0. The Morgan fingerprint density at radius 1 is 0.750 bits per heavy atom. The summed E-state index contributed by atoms with van der Waals surface area (Å²) < 4.78 is 23.3. The second-order valence-electron chi connectivity index (χ2n) is 12.8. The molecular formula is C36H54O12. The molecule has 8 unspecified atom stereocenters. The Kier molecular flexibility index (Phi) is 16.8. The lowest BCUT2D eigenvalue weighted by molar-refractivity contribution is -0.322. The summed E-state index contributed by atoms with van der Waals surface area (Å²) in [7, 11) is 0. The van der Waals surface area contributed by atoms with Crippen molar-refractivity contribution in [1.82, 2.24) is 0 Å². The maximum Gasteiger partial charge on any atom is 0.333 e. The minimum absolute atomic E-state index is 0.138. The van der Waals surface area contributed by atoms with E-state index in [9.17, 15) is 34.8 Å². The smallest absolute Gasteiger partial charge is 0.333 e. The molecular weight excluding hydrogens is 624 g/mol. The topological polar surface area (TPSA) is 189 Å². The Morgan fingerprint density at radius 3 is 1.60 bits per heavy atom. The largest absolute Gasteiger partial charge is 0.478 e. The molecule has 12 heteroatoms. The number of carbonyl (C=O) groups is 3. The van der Waals surface area contributed by atoms with Crippen molar-refractivity contribution in [3.05, 3.63) is 72.9 Å². The van der Waals surface area contributed by atoms with E-state index in [2.05, 4.69) is 19.7 Å². The van der Waals surface area contributed by atoms with Crippen LogP contribution in [0.15, 0.2) is 72.9 Å². The van der Waals surface area contributed by atoms with Gasteiger partial charge in [0.15, 0.2) is 18.5 Å². The third-order valence-corrected chi connectivity index (χ3v) is 8.25. The number of allylic oxidation sites excluding steroid dienone is 3. The molecule has 0 saturated carbocycles. The number of hydrogen-bond acceptors (Lipinski definition) is 11. The van der Waals surface area contributed by atoms with Crippen molar-refractivity contribution in [3.8, 4) is 0 Å². The number of carboxylic acids is 1. The zero-order chi connectivity index (χ0) is 36.9. The molecule has 5 N–H and O–H groups in total. The average molecular weight is 679 g/mol. The maximum atomic E-state index is 13.2. The number of aliphatic hydroxyl groups is 4. The zero-order valence-electron chi connectivity index (χ0n) is 29.0. The molecule has 1 fully saturated rings. The highest BCUT2D eigenvalue weighted by Crippen LogP contribution is 2.32. The molecule has 1 rings (SSSR count). The van der Waals surface area contributed by atoms with Gasteiger partial charge in [-0.3, -0.25) is 0 Å². The summed E-state index contributed by atoms with van der Waals surface area (Å²) in [5.74, 6) is -2.75.